The molecule has 3 aromatic carbocycles. The van der Waals surface area contributed by atoms with Gasteiger partial charge in [-0.2, -0.15) is 0 Å². The highest BCUT2D eigenvalue weighted by Crippen LogP contribution is 2.44. The van der Waals surface area contributed by atoms with Crippen molar-refractivity contribution in [2.24, 2.45) is 0 Å². The third-order valence-electron chi connectivity index (χ3n) is 7.58. The van der Waals surface area contributed by atoms with Crippen molar-refractivity contribution in [2.45, 2.75) is 85.1 Å². The summed E-state index contributed by atoms with van der Waals surface area (Å²) in [6.07, 6.45) is 4.37. The molecule has 194 valence electrons. The van der Waals surface area contributed by atoms with Crippen LogP contribution in [0.2, 0.25) is 0 Å². The van der Waals surface area contributed by atoms with E-state index in [1.165, 1.54) is 33.6 Å². The first-order chi connectivity index (χ1) is 17.6. The Balaban J connectivity index is 1.97. The molecule has 3 nitrogen and oxygen atoms in total. The molecular weight excluding hydrogens is 451 g/mol. The van der Waals surface area contributed by atoms with Gasteiger partial charge < -0.3 is 14.7 Å². The summed E-state index contributed by atoms with van der Waals surface area (Å²) in [7, 11) is 0. The highest BCUT2D eigenvalue weighted by molar-refractivity contribution is 6.70. The molecule has 0 saturated heterocycles. The molecule has 0 aromatic heterocycles. The minimum absolute atomic E-state index is 0.308. The molecule has 0 amide bonds. The van der Waals surface area contributed by atoms with E-state index < -0.39 is 6.00 Å². The Hall–Kier alpha value is -2.98. The molecule has 1 atom stereocenters. The second-order valence-corrected chi connectivity index (χ2v) is 11.6. The Labute approximate surface area is 225 Å². The first-order valence-electron chi connectivity index (χ1n) is 13.9. The second-order valence-electron chi connectivity index (χ2n) is 11.6. The van der Waals surface area contributed by atoms with Crippen molar-refractivity contribution in [3.05, 3.63) is 107 Å². The summed E-state index contributed by atoms with van der Waals surface area (Å²) in [4.78, 5) is 4.67. The van der Waals surface area contributed by atoms with E-state index in [4.69, 9.17) is 0 Å². The van der Waals surface area contributed by atoms with Gasteiger partial charge in [0, 0.05) is 23.8 Å². The lowest BCUT2D eigenvalue weighted by atomic mass is 9.62. The largest absolute Gasteiger partial charge is 0.419 e. The van der Waals surface area contributed by atoms with Gasteiger partial charge in [0.2, 0.25) is 0 Å². The van der Waals surface area contributed by atoms with Crippen LogP contribution >= 0.6 is 0 Å². The predicted octanol–water partition coefficient (Wildman–Crippen LogP) is 8.74. The number of aliphatic hydroxyl groups is 1. The van der Waals surface area contributed by atoms with Crippen LogP contribution < -0.4 is 9.62 Å². The second kappa shape index (κ2) is 11.2. The lowest BCUT2D eigenvalue weighted by molar-refractivity contribution is 0.253. The van der Waals surface area contributed by atoms with Crippen LogP contribution in [-0.4, -0.2) is 12.1 Å². The van der Waals surface area contributed by atoms with Crippen LogP contribution in [-0.2, 0) is 0 Å². The average Bonchev–Trinajstić information content (AvgIpc) is 3.32. The predicted molar refractivity (Wildman–Crippen MR) is 160 cm³/mol. The van der Waals surface area contributed by atoms with E-state index in [1.807, 2.05) is 30.3 Å². The van der Waals surface area contributed by atoms with Crippen LogP contribution in [0.3, 0.4) is 0 Å². The van der Waals surface area contributed by atoms with E-state index in [2.05, 4.69) is 114 Å². The zero-order valence-corrected chi connectivity index (χ0v) is 23.8. The van der Waals surface area contributed by atoms with Gasteiger partial charge in [0.05, 0.1) is 0 Å². The van der Waals surface area contributed by atoms with Crippen LogP contribution in [0, 0.1) is 0 Å². The van der Waals surface area contributed by atoms with E-state index >= 15 is 0 Å². The van der Waals surface area contributed by atoms with Crippen LogP contribution in [0.25, 0.3) is 0 Å². The van der Waals surface area contributed by atoms with Crippen LogP contribution in [0.4, 0.5) is 11.4 Å². The van der Waals surface area contributed by atoms with Crippen molar-refractivity contribution < 1.29 is 5.11 Å². The fourth-order valence-corrected chi connectivity index (χ4v) is 5.61. The summed E-state index contributed by atoms with van der Waals surface area (Å²) in [5.74, 6) is 1.44. The maximum absolute atomic E-state index is 12.1. The molecule has 37 heavy (non-hydrogen) atoms. The smallest absolute Gasteiger partial charge is 0.392 e. The fourth-order valence-electron chi connectivity index (χ4n) is 5.61. The standard InChI is InChI=1S/C33H43BN2O/c1-22(2)27-16-12-17-28(23(3)4)31(27)35-20-21-36(34(35)33(37)26-14-10-9-11-15-26)32-29(24(5)6)18-13-19-30(32)25(7)8/h9-25,33,37H,1-8H3. The van der Waals surface area contributed by atoms with Crippen molar-refractivity contribution in [1.82, 2.24) is 0 Å². The minimum Gasteiger partial charge on any atom is -0.392 e. The van der Waals surface area contributed by atoms with Crippen LogP contribution in [0.5, 0.6) is 0 Å². The molecule has 4 heteroatoms. The Morgan fingerprint density at radius 1 is 0.514 bits per heavy atom. The minimum atomic E-state index is -0.711. The van der Waals surface area contributed by atoms with Gasteiger partial charge >= 0.3 is 6.98 Å². The fraction of sp³-hybridized carbons (Fsp3) is 0.394. The maximum atomic E-state index is 12.1. The highest BCUT2D eigenvalue weighted by Gasteiger charge is 2.44. The molecule has 3 aromatic rings. The molecule has 0 radical (unpaired) electrons. The van der Waals surface area contributed by atoms with Gasteiger partial charge in [-0.15, -0.1) is 0 Å². The number of anilines is 2. The molecule has 1 aliphatic heterocycles. The first kappa shape index (κ1) is 27.1. The Bertz CT molecular complexity index is 1110. The summed E-state index contributed by atoms with van der Waals surface area (Å²) >= 11 is 0. The molecule has 0 saturated carbocycles. The summed E-state index contributed by atoms with van der Waals surface area (Å²) in [5.41, 5.74) is 8.60. The number of aliphatic hydroxyl groups excluding tert-OH is 1. The zero-order valence-electron chi connectivity index (χ0n) is 23.8. The van der Waals surface area contributed by atoms with E-state index in [-0.39, 0.29) is 6.98 Å². The molecule has 4 rings (SSSR count). The summed E-state index contributed by atoms with van der Waals surface area (Å²) in [6, 6.07) is 22.7. The van der Waals surface area contributed by atoms with E-state index in [1.54, 1.807) is 0 Å². The summed E-state index contributed by atoms with van der Waals surface area (Å²) in [5, 5.41) is 12.1. The number of nitrogens with zero attached hydrogens (tertiary/aromatic N) is 2. The van der Waals surface area contributed by atoms with E-state index in [9.17, 15) is 5.11 Å². The molecule has 1 aliphatic rings. The molecule has 1 unspecified atom stereocenters. The number of benzene rings is 3. The van der Waals surface area contributed by atoms with Crippen molar-refractivity contribution in [3.63, 3.8) is 0 Å². The molecule has 1 N–H and O–H groups in total. The summed E-state index contributed by atoms with van der Waals surface area (Å²) in [6.45, 7) is 17.8. The lowest BCUT2D eigenvalue weighted by Crippen LogP contribution is -2.50. The molecular formula is C33H43BN2O. The van der Waals surface area contributed by atoms with Crippen LogP contribution in [0.1, 0.15) is 113 Å². The van der Waals surface area contributed by atoms with Gasteiger partial charge in [0.15, 0.2) is 0 Å². The Morgan fingerprint density at radius 2 is 0.865 bits per heavy atom. The van der Waals surface area contributed by atoms with Gasteiger partial charge in [0.1, 0.15) is 6.00 Å². The number of hydrogen-bond acceptors (Lipinski definition) is 3. The molecule has 0 fully saturated rings. The molecule has 0 spiro atoms. The molecule has 0 aliphatic carbocycles. The third-order valence-corrected chi connectivity index (χ3v) is 7.58. The van der Waals surface area contributed by atoms with Crippen LogP contribution in [0.15, 0.2) is 79.1 Å². The topological polar surface area (TPSA) is 26.7 Å². The normalized spacial score (nSPS) is 14.7. The number of hydrogen-bond donors (Lipinski definition) is 1. The van der Waals surface area contributed by atoms with Crippen molar-refractivity contribution in [3.8, 4) is 0 Å². The monoisotopic (exact) mass is 494 g/mol. The van der Waals surface area contributed by atoms with E-state index in [0.717, 1.165) is 5.56 Å². The van der Waals surface area contributed by atoms with Gasteiger partial charge in [-0.25, -0.2) is 0 Å². The maximum Gasteiger partial charge on any atom is 0.419 e. The first-order valence-corrected chi connectivity index (χ1v) is 13.9. The van der Waals surface area contributed by atoms with Gasteiger partial charge in [-0.3, -0.25) is 0 Å². The average molecular weight is 495 g/mol. The Morgan fingerprint density at radius 3 is 1.19 bits per heavy atom. The number of rotatable bonds is 8. The SMILES string of the molecule is CC(C)c1cccc(C(C)C)c1N1C=CN(c2c(C(C)C)cccc2C(C)C)B1C(O)c1ccccc1. The van der Waals surface area contributed by atoms with Gasteiger partial charge in [-0.05, 0) is 51.5 Å². The van der Waals surface area contributed by atoms with Gasteiger partial charge in [-0.1, -0.05) is 122 Å². The van der Waals surface area contributed by atoms with Crippen molar-refractivity contribution in [1.29, 1.82) is 0 Å². The lowest BCUT2D eigenvalue weighted by Gasteiger charge is -2.38. The van der Waals surface area contributed by atoms with Crippen molar-refractivity contribution >= 4 is 18.4 Å². The van der Waals surface area contributed by atoms with Gasteiger partial charge in [0.25, 0.3) is 0 Å². The summed E-state index contributed by atoms with van der Waals surface area (Å²) < 4.78 is 0. The number of para-hydroxylation sites is 2. The highest BCUT2D eigenvalue weighted by atomic mass is 16.3. The molecule has 0 bridgehead atoms. The quantitative estimate of drug-likeness (QED) is 0.317. The third kappa shape index (κ3) is 5.22. The van der Waals surface area contributed by atoms with Crippen molar-refractivity contribution in [2.75, 3.05) is 9.62 Å². The molecule has 1 heterocycles. The van der Waals surface area contributed by atoms with E-state index in [0.29, 0.717) is 23.7 Å². The zero-order chi connectivity index (χ0) is 26.9. The Kier molecular flexibility index (Phi) is 8.18.